The first kappa shape index (κ1) is 13.5. The molecule has 0 bridgehead atoms. The van der Waals surface area contributed by atoms with Gasteiger partial charge in [0, 0.05) is 37.5 Å². The van der Waals surface area contributed by atoms with Crippen LogP contribution in [0.3, 0.4) is 0 Å². The molecule has 2 aromatic carbocycles. The van der Waals surface area contributed by atoms with Crippen molar-refractivity contribution in [2.24, 2.45) is 0 Å². The predicted octanol–water partition coefficient (Wildman–Crippen LogP) is 4.72. The van der Waals surface area contributed by atoms with Crippen molar-refractivity contribution in [3.63, 3.8) is 0 Å². The van der Waals surface area contributed by atoms with Crippen LogP contribution in [0.25, 0.3) is 10.8 Å². The molecule has 20 heavy (non-hydrogen) atoms. The van der Waals surface area contributed by atoms with E-state index in [1.54, 1.807) is 24.5 Å². The molecule has 0 fully saturated rings. The molecule has 0 aliphatic heterocycles. The quantitative estimate of drug-likeness (QED) is 0.466. The Balaban J connectivity index is 2.20. The van der Waals surface area contributed by atoms with Crippen molar-refractivity contribution in [3.8, 4) is 0 Å². The third kappa shape index (κ3) is 2.43. The van der Waals surface area contributed by atoms with Gasteiger partial charge in [0.05, 0.1) is 0 Å². The van der Waals surface area contributed by atoms with Crippen LogP contribution in [0.4, 0.5) is 0 Å². The second kappa shape index (κ2) is 5.50. The molecule has 3 aromatic rings. The number of nitrogens with zero attached hydrogens (tertiary/aromatic N) is 1. The number of hydrogen-bond acceptors (Lipinski definition) is 2. The maximum Gasteiger partial charge on any atom is 0.194 e. The van der Waals surface area contributed by atoms with Gasteiger partial charge in [-0.15, -0.1) is 0 Å². The molecular weight excluding hydrogens is 385 g/mol. The molecule has 0 unspecified atom stereocenters. The average Bonchev–Trinajstić information content (AvgIpc) is 2.48. The van der Waals surface area contributed by atoms with Gasteiger partial charge in [0.15, 0.2) is 5.78 Å². The molecule has 0 atom stereocenters. The Morgan fingerprint density at radius 1 is 1.10 bits per heavy atom. The van der Waals surface area contributed by atoms with E-state index < -0.39 is 0 Å². The Labute approximate surface area is 134 Å². The highest BCUT2D eigenvalue weighted by molar-refractivity contribution is 14.1. The lowest BCUT2D eigenvalue weighted by Crippen LogP contribution is -2.04. The summed E-state index contributed by atoms with van der Waals surface area (Å²) in [6.45, 7) is 0. The van der Waals surface area contributed by atoms with Gasteiger partial charge < -0.3 is 0 Å². The highest BCUT2D eigenvalue weighted by atomic mass is 127. The molecular formula is C16H9ClINO. The SMILES string of the molecule is O=C(c1cc(Cl)ccc1I)c1cccc2ccncc12. The number of rotatable bonds is 2. The van der Waals surface area contributed by atoms with Gasteiger partial charge in [0.2, 0.25) is 0 Å². The van der Waals surface area contributed by atoms with Gasteiger partial charge in [-0.3, -0.25) is 9.78 Å². The largest absolute Gasteiger partial charge is 0.289 e. The Kier molecular flexibility index (Phi) is 3.72. The fourth-order valence-electron chi connectivity index (χ4n) is 2.13. The maximum absolute atomic E-state index is 12.7. The Morgan fingerprint density at radius 3 is 2.80 bits per heavy atom. The number of halogens is 2. The number of aromatic nitrogens is 1. The smallest absolute Gasteiger partial charge is 0.194 e. The summed E-state index contributed by atoms with van der Waals surface area (Å²) in [7, 11) is 0. The number of benzene rings is 2. The van der Waals surface area contributed by atoms with E-state index in [9.17, 15) is 4.79 Å². The van der Waals surface area contributed by atoms with E-state index in [2.05, 4.69) is 27.6 Å². The second-order valence-corrected chi connectivity index (χ2v) is 5.95. The molecule has 2 nitrogen and oxygen atoms in total. The number of hydrogen-bond donors (Lipinski definition) is 0. The molecule has 0 aliphatic carbocycles. The molecule has 0 aliphatic rings. The molecule has 0 amide bonds. The van der Waals surface area contributed by atoms with Crippen LogP contribution >= 0.6 is 34.2 Å². The minimum Gasteiger partial charge on any atom is -0.289 e. The van der Waals surface area contributed by atoms with Gasteiger partial charge in [-0.05, 0) is 52.2 Å². The van der Waals surface area contributed by atoms with Crippen LogP contribution in [0.2, 0.25) is 5.02 Å². The van der Waals surface area contributed by atoms with Gasteiger partial charge in [-0.2, -0.15) is 0 Å². The minimum absolute atomic E-state index is 0.0319. The summed E-state index contributed by atoms with van der Waals surface area (Å²) in [4.78, 5) is 16.9. The highest BCUT2D eigenvalue weighted by Crippen LogP contribution is 2.24. The lowest BCUT2D eigenvalue weighted by Gasteiger charge is -2.07. The van der Waals surface area contributed by atoms with Crippen molar-refractivity contribution in [3.05, 3.63) is 74.6 Å². The van der Waals surface area contributed by atoms with Crippen molar-refractivity contribution in [2.75, 3.05) is 0 Å². The minimum atomic E-state index is -0.0319. The third-order valence-corrected chi connectivity index (χ3v) is 4.28. The number of carbonyl (C=O) groups is 1. The van der Waals surface area contributed by atoms with E-state index >= 15 is 0 Å². The van der Waals surface area contributed by atoms with E-state index in [4.69, 9.17) is 11.6 Å². The molecule has 1 aromatic heterocycles. The Bertz CT molecular complexity index is 811. The van der Waals surface area contributed by atoms with Crippen LogP contribution in [0, 0.1) is 3.57 Å². The van der Waals surface area contributed by atoms with E-state index in [-0.39, 0.29) is 5.78 Å². The molecule has 0 saturated carbocycles. The number of pyridine rings is 1. The lowest BCUT2D eigenvalue weighted by atomic mass is 9.98. The van der Waals surface area contributed by atoms with Crippen molar-refractivity contribution >= 4 is 50.7 Å². The first-order valence-electron chi connectivity index (χ1n) is 5.99. The van der Waals surface area contributed by atoms with Crippen molar-refractivity contribution in [1.29, 1.82) is 0 Å². The summed E-state index contributed by atoms with van der Waals surface area (Å²) >= 11 is 8.15. The Morgan fingerprint density at radius 2 is 1.95 bits per heavy atom. The zero-order valence-corrected chi connectivity index (χ0v) is 13.2. The first-order chi connectivity index (χ1) is 9.66. The summed E-state index contributed by atoms with van der Waals surface area (Å²) in [6, 6.07) is 12.9. The van der Waals surface area contributed by atoms with Crippen LogP contribution in [-0.4, -0.2) is 10.8 Å². The summed E-state index contributed by atoms with van der Waals surface area (Å²) < 4.78 is 0.887. The lowest BCUT2D eigenvalue weighted by molar-refractivity contribution is 0.103. The maximum atomic E-state index is 12.7. The van der Waals surface area contributed by atoms with Crippen molar-refractivity contribution in [2.45, 2.75) is 0 Å². The van der Waals surface area contributed by atoms with E-state index in [1.807, 2.05) is 30.3 Å². The van der Waals surface area contributed by atoms with Crippen LogP contribution in [0.15, 0.2) is 54.9 Å². The average molecular weight is 394 g/mol. The fraction of sp³-hybridized carbons (Fsp3) is 0. The van der Waals surface area contributed by atoms with E-state index in [0.29, 0.717) is 16.1 Å². The van der Waals surface area contributed by atoms with Crippen LogP contribution in [0.5, 0.6) is 0 Å². The molecule has 0 spiro atoms. The van der Waals surface area contributed by atoms with Gasteiger partial charge in [0.1, 0.15) is 0 Å². The summed E-state index contributed by atoms with van der Waals surface area (Å²) in [6.07, 6.45) is 3.44. The summed E-state index contributed by atoms with van der Waals surface area (Å²) in [5, 5.41) is 2.42. The molecule has 98 valence electrons. The molecule has 4 heteroatoms. The topological polar surface area (TPSA) is 30.0 Å². The summed E-state index contributed by atoms with van der Waals surface area (Å²) in [5.74, 6) is -0.0319. The van der Waals surface area contributed by atoms with E-state index in [0.717, 1.165) is 14.3 Å². The van der Waals surface area contributed by atoms with E-state index in [1.165, 1.54) is 0 Å². The number of ketones is 1. The molecule has 3 rings (SSSR count). The van der Waals surface area contributed by atoms with Gasteiger partial charge in [-0.1, -0.05) is 29.8 Å². The molecule has 0 saturated heterocycles. The third-order valence-electron chi connectivity index (χ3n) is 3.10. The normalized spacial score (nSPS) is 10.7. The van der Waals surface area contributed by atoms with Gasteiger partial charge in [-0.25, -0.2) is 0 Å². The standard InChI is InChI=1S/C16H9ClINO/c17-11-4-5-15(18)13(8-11)16(20)12-3-1-2-10-6-7-19-9-14(10)12/h1-9H. The zero-order chi connectivity index (χ0) is 14.1. The van der Waals surface area contributed by atoms with Crippen molar-refractivity contribution < 1.29 is 4.79 Å². The number of fused-ring (bicyclic) bond motifs is 1. The van der Waals surface area contributed by atoms with Gasteiger partial charge in [0.25, 0.3) is 0 Å². The number of carbonyl (C=O) groups excluding carboxylic acids is 1. The fourth-order valence-corrected chi connectivity index (χ4v) is 2.88. The van der Waals surface area contributed by atoms with Gasteiger partial charge >= 0.3 is 0 Å². The summed E-state index contributed by atoms with van der Waals surface area (Å²) in [5.41, 5.74) is 1.27. The molecule has 1 heterocycles. The molecule has 0 N–H and O–H groups in total. The highest BCUT2D eigenvalue weighted by Gasteiger charge is 2.15. The zero-order valence-electron chi connectivity index (χ0n) is 10.3. The first-order valence-corrected chi connectivity index (χ1v) is 7.45. The van der Waals surface area contributed by atoms with Crippen LogP contribution < -0.4 is 0 Å². The van der Waals surface area contributed by atoms with Crippen LogP contribution in [0.1, 0.15) is 15.9 Å². The molecule has 0 radical (unpaired) electrons. The monoisotopic (exact) mass is 393 g/mol. The Hall–Kier alpha value is -1.46. The second-order valence-electron chi connectivity index (χ2n) is 4.36. The predicted molar refractivity (Wildman–Crippen MR) is 89.3 cm³/mol. The van der Waals surface area contributed by atoms with Crippen molar-refractivity contribution in [1.82, 2.24) is 4.98 Å². The van der Waals surface area contributed by atoms with Crippen LogP contribution in [-0.2, 0) is 0 Å².